The van der Waals surface area contributed by atoms with Crippen LogP contribution in [-0.4, -0.2) is 152 Å². The molecular formula is C97H86N28O13. The van der Waals surface area contributed by atoms with Gasteiger partial charge in [0.1, 0.15) is 45.9 Å². The lowest BCUT2D eigenvalue weighted by molar-refractivity contribution is 0.0696. The van der Waals surface area contributed by atoms with Gasteiger partial charge in [-0.2, -0.15) is 10.1 Å². The van der Waals surface area contributed by atoms with Gasteiger partial charge in [0.2, 0.25) is 18.5 Å². The number of pyridine rings is 4. The number of H-pyrrole nitrogens is 4. The summed E-state index contributed by atoms with van der Waals surface area (Å²) in [4.78, 5) is 164. The predicted molar refractivity (Wildman–Crippen MR) is 509 cm³/mol. The number of ether oxygens (including phenoxy) is 2. The van der Waals surface area contributed by atoms with Crippen molar-refractivity contribution in [3.8, 4) is 34.1 Å². The van der Waals surface area contributed by atoms with Crippen molar-refractivity contribution in [3.63, 3.8) is 0 Å². The van der Waals surface area contributed by atoms with E-state index in [2.05, 4.69) is 55.1 Å². The van der Waals surface area contributed by atoms with Crippen molar-refractivity contribution >= 4 is 73.2 Å². The summed E-state index contributed by atoms with van der Waals surface area (Å²) in [6.45, 7) is 12.3. The highest BCUT2D eigenvalue weighted by atomic mass is 16.7. The lowest BCUT2D eigenvalue weighted by Crippen LogP contribution is -2.30. The monoisotopic (exact) mass is 1850 g/mol. The maximum atomic E-state index is 13.0. The standard InChI is InChI=1S/C26H24N8O2.C25H22N8O3.2C23H20N6O4/c1-3-33-24-23(25(35)29-26(33)36)34(15-17-7-9-18(10-8-17)20-11-13-31(2)30-20)22(28-24)14-19-16-32-12-5-4-6-21(32)27-19;1-3-32-23-21(24(34)29-25(32)35)33(13-16-7-9-17(10-8-16)22-26-15(2)36-30-22)20(28-23)12-18-14-31-11-5-4-6-19(31)27-18;1-2-28-21-20(22(30)26-23(28)31)29(11-14-6-7-16-17(9-14)33-13-32-16)19(25-21)10-15-12-27-8-4-3-5-18(27)24-15;1-2-28-20-19(21(30)26-23(28)33)29(12-14-6-8-15(9-7-14)22(31)32)18(25-20)11-16-13-27-10-4-3-5-17(27)24-16/h4-13,16H,3,14-15H2,1-2H3,(H,29,35,36);4-11,14H,3,12-13H2,1-2H3,(H,29,34,35);3-9,12H,2,10-11,13H2,1H3,(H,26,30,31);3-10,13H,2,11-12H2,1H3,(H,31,32)(H,26,30,33). The second-order valence-corrected chi connectivity index (χ2v) is 32.8. The number of hydrogen-bond donors (Lipinski definition) is 5. The van der Waals surface area contributed by atoms with Gasteiger partial charge in [-0.1, -0.05) is 96.2 Å². The number of carboxylic acid groups (broad SMARTS) is 1. The van der Waals surface area contributed by atoms with E-state index >= 15 is 0 Å². The Morgan fingerprint density at radius 2 is 0.703 bits per heavy atom. The van der Waals surface area contributed by atoms with E-state index in [4.69, 9.17) is 39.0 Å². The maximum Gasteiger partial charge on any atom is 0.335 e. The van der Waals surface area contributed by atoms with Crippen molar-refractivity contribution in [3.05, 3.63) is 389 Å². The van der Waals surface area contributed by atoms with Crippen LogP contribution in [0, 0.1) is 6.92 Å². The molecule has 0 unspecified atom stereocenters. The number of nitrogens with zero attached hydrogens (tertiary/aromatic N) is 24. The SMILES string of the molecule is CCn1c(=O)[nH]c(=O)c2c1nc(Cc1cn3ccccc3n1)n2Cc1ccc(-c2ccn(C)n2)cc1.CCn1c(=O)[nH]c(=O)c2c1nc(Cc1cn3ccccc3n1)n2Cc1ccc(-c2noc(C)n2)cc1.CCn1c(=O)[nH]c(=O)c2c1nc(Cc1cn3ccccc3n1)n2Cc1ccc(C(=O)O)cc1.CCn1c(=O)[nH]c(=O)c2c1nc(Cc1cn3ccccc3n1)n2Cc1ccc2c(c1)OCO2. The third kappa shape index (κ3) is 17.3. The number of carboxylic acids is 1. The number of nitrogens with one attached hydrogen (secondary N) is 4. The Kier molecular flexibility index (Phi) is 23.3. The van der Waals surface area contributed by atoms with Gasteiger partial charge in [0.25, 0.3) is 22.2 Å². The molecule has 0 amide bonds. The molecule has 41 heteroatoms. The Bertz CT molecular complexity index is 8590. The second kappa shape index (κ2) is 36.7. The van der Waals surface area contributed by atoms with Crippen LogP contribution in [0.2, 0.25) is 0 Å². The van der Waals surface area contributed by atoms with E-state index in [0.29, 0.717) is 157 Å². The van der Waals surface area contributed by atoms with E-state index in [9.17, 15) is 43.2 Å². The van der Waals surface area contributed by atoms with E-state index in [-0.39, 0.29) is 24.4 Å². The lowest BCUT2D eigenvalue weighted by Gasteiger charge is -2.09. The highest BCUT2D eigenvalue weighted by Gasteiger charge is 2.27. The first kappa shape index (κ1) is 87.6. The van der Waals surface area contributed by atoms with Crippen LogP contribution in [0.15, 0.2) is 269 Å². The third-order valence-corrected chi connectivity index (χ3v) is 23.8. The fourth-order valence-corrected chi connectivity index (χ4v) is 17.3. The van der Waals surface area contributed by atoms with E-state index in [0.717, 1.165) is 84.4 Å². The highest BCUT2D eigenvalue weighted by molar-refractivity contribution is 5.87. The van der Waals surface area contributed by atoms with Crippen LogP contribution >= 0.6 is 0 Å². The van der Waals surface area contributed by atoms with Crippen molar-refractivity contribution in [2.75, 3.05) is 6.79 Å². The Morgan fingerprint density at radius 3 is 1.02 bits per heavy atom. The molecule has 5 N–H and O–H groups in total. The number of hydrogen-bond acceptors (Lipinski definition) is 23. The average Bonchev–Trinajstić information content (AvgIpc) is 1.61. The summed E-state index contributed by atoms with van der Waals surface area (Å²) < 4.78 is 38.7. The first-order valence-corrected chi connectivity index (χ1v) is 44.3. The van der Waals surface area contributed by atoms with Gasteiger partial charge in [0.15, 0.2) is 56.2 Å². The molecule has 41 nitrogen and oxygen atoms in total. The molecule has 692 valence electrons. The van der Waals surface area contributed by atoms with Crippen molar-refractivity contribution in [2.24, 2.45) is 7.05 Å². The zero-order chi connectivity index (χ0) is 95.3. The van der Waals surface area contributed by atoms with Crippen LogP contribution in [0.3, 0.4) is 0 Å². The smallest absolute Gasteiger partial charge is 0.335 e. The van der Waals surface area contributed by atoms with Crippen molar-refractivity contribution in [1.82, 2.24) is 134 Å². The van der Waals surface area contributed by atoms with Gasteiger partial charge in [-0.05, 0) is 129 Å². The number of aromatic amines is 4. The van der Waals surface area contributed by atoms with Crippen molar-refractivity contribution < 1.29 is 23.9 Å². The van der Waals surface area contributed by atoms with Gasteiger partial charge in [0.05, 0.1) is 34.0 Å². The molecule has 0 bridgehead atoms. The molecule has 0 saturated heterocycles. The summed E-state index contributed by atoms with van der Waals surface area (Å²) in [5, 5.41) is 17.6. The third-order valence-electron chi connectivity index (χ3n) is 23.8. The normalized spacial score (nSPS) is 11.8. The largest absolute Gasteiger partial charge is 0.478 e. The minimum atomic E-state index is -1.01. The highest BCUT2D eigenvalue weighted by Crippen LogP contribution is 2.34. The van der Waals surface area contributed by atoms with Crippen LogP contribution in [0.25, 0.3) is 89.9 Å². The van der Waals surface area contributed by atoms with Crippen molar-refractivity contribution in [2.45, 2.75) is 113 Å². The molecule has 0 atom stereocenters. The summed E-state index contributed by atoms with van der Waals surface area (Å²) in [7, 11) is 1.89. The number of imidazole rings is 8. The predicted octanol–water partition coefficient (Wildman–Crippen LogP) is 8.96. The molecule has 0 fully saturated rings. The topological polar surface area (TPSA) is 472 Å². The molecule has 4 aromatic carbocycles. The summed E-state index contributed by atoms with van der Waals surface area (Å²) >= 11 is 0. The van der Waals surface area contributed by atoms with Crippen LogP contribution in [-0.2, 0) is 85.1 Å². The first-order valence-electron chi connectivity index (χ1n) is 44.3. The molecule has 0 spiro atoms. The number of aromatic carboxylic acids is 1. The van der Waals surface area contributed by atoms with E-state index in [1.165, 1.54) is 30.4 Å². The van der Waals surface area contributed by atoms with E-state index in [1.54, 1.807) is 28.3 Å². The molecule has 22 aromatic rings. The summed E-state index contributed by atoms with van der Waals surface area (Å²) in [6.07, 6.45) is 18.9. The van der Waals surface area contributed by atoms with Gasteiger partial charge in [0, 0.05) is 159 Å². The number of carbonyl (C=O) groups is 1. The number of fused-ring (bicyclic) bond motifs is 9. The summed E-state index contributed by atoms with van der Waals surface area (Å²) in [5.41, 5.74) is 12.1. The Balaban J connectivity index is 0.000000114. The Morgan fingerprint density at radius 1 is 0.370 bits per heavy atom. The number of benzene rings is 4. The quantitative estimate of drug-likeness (QED) is 0.0398. The van der Waals surface area contributed by atoms with Crippen molar-refractivity contribution in [1.29, 1.82) is 0 Å². The molecule has 1 aliphatic heterocycles. The summed E-state index contributed by atoms with van der Waals surface area (Å²) in [5.74, 6) is 3.89. The first-order chi connectivity index (χ1) is 67.0. The molecule has 18 aromatic heterocycles. The van der Waals surface area contributed by atoms with Gasteiger partial charge in [-0.3, -0.25) is 62.1 Å². The maximum absolute atomic E-state index is 13.0. The van der Waals surface area contributed by atoms with Crippen LogP contribution in [0.1, 0.15) is 112 Å². The molecule has 0 aliphatic carbocycles. The second-order valence-electron chi connectivity index (χ2n) is 32.8. The number of aryl methyl sites for hydroxylation is 6. The molecule has 23 rings (SSSR count). The van der Waals surface area contributed by atoms with Gasteiger partial charge in [-0.25, -0.2) is 63.8 Å². The minimum Gasteiger partial charge on any atom is -0.478 e. The number of rotatable bonds is 23. The van der Waals surface area contributed by atoms with E-state index in [1.807, 2.05) is 267 Å². The molecular weight excluding hydrogens is 1770 g/mol. The fourth-order valence-electron chi connectivity index (χ4n) is 17.3. The molecule has 0 saturated carbocycles. The van der Waals surface area contributed by atoms with Crippen LogP contribution in [0.4, 0.5) is 0 Å². The average molecular weight is 1850 g/mol. The number of aromatic nitrogens is 28. The molecule has 1 aliphatic rings. The fraction of sp³-hybridized carbons (Fsp3) is 0.196. The van der Waals surface area contributed by atoms with Gasteiger partial charge >= 0.3 is 28.7 Å². The van der Waals surface area contributed by atoms with E-state index < -0.39 is 51.0 Å². The molecule has 19 heterocycles. The van der Waals surface area contributed by atoms with Crippen LogP contribution < -0.4 is 54.5 Å². The Labute approximate surface area is 776 Å². The minimum absolute atomic E-state index is 0.178. The van der Waals surface area contributed by atoms with Gasteiger partial charge < -0.3 is 55.0 Å². The zero-order valence-electron chi connectivity index (χ0n) is 75.1. The zero-order valence-corrected chi connectivity index (χ0v) is 75.1. The summed E-state index contributed by atoms with van der Waals surface area (Å²) in [6, 6.07) is 53.0. The lowest BCUT2D eigenvalue weighted by atomic mass is 10.1. The van der Waals surface area contributed by atoms with Crippen LogP contribution in [0.5, 0.6) is 11.5 Å². The van der Waals surface area contributed by atoms with Gasteiger partial charge in [-0.15, -0.1) is 0 Å². The Hall–Kier alpha value is -18.3. The molecule has 138 heavy (non-hydrogen) atoms. The molecule has 0 radical (unpaired) electrons.